The molecule has 2 heterocycles. The van der Waals surface area contributed by atoms with Crippen molar-refractivity contribution in [2.75, 3.05) is 0 Å². The number of fused-ring (bicyclic) bond motifs is 3. The van der Waals surface area contributed by atoms with Crippen LogP contribution in [0.5, 0.6) is 0 Å². The summed E-state index contributed by atoms with van der Waals surface area (Å²) in [7, 11) is 0. The number of rotatable bonds is 1. The molecule has 1 aliphatic carbocycles. The number of benzene rings is 1. The van der Waals surface area contributed by atoms with Crippen molar-refractivity contribution in [3.05, 3.63) is 54.9 Å². The lowest BCUT2D eigenvalue weighted by molar-refractivity contribution is 0.699. The Hall–Kier alpha value is -1.72. The molecule has 0 unspecified atom stereocenters. The van der Waals surface area contributed by atoms with E-state index in [0.29, 0.717) is 4.77 Å². The van der Waals surface area contributed by atoms with E-state index >= 15 is 0 Å². The Labute approximate surface area is 143 Å². The lowest BCUT2D eigenvalue weighted by Gasteiger charge is -2.12. The van der Waals surface area contributed by atoms with Gasteiger partial charge in [-0.1, -0.05) is 12.1 Å². The number of aromatic nitrogens is 2. The molecule has 23 heavy (non-hydrogen) atoms. The number of aromatic amines is 1. The Morgan fingerprint density at radius 1 is 1.22 bits per heavy atom. The molecule has 1 aliphatic rings. The van der Waals surface area contributed by atoms with Gasteiger partial charge in [0.2, 0.25) is 0 Å². The zero-order valence-electron chi connectivity index (χ0n) is 13.2. The lowest BCUT2D eigenvalue weighted by atomic mass is 9.97. The molecule has 0 saturated carbocycles. The predicted octanol–water partition coefficient (Wildman–Crippen LogP) is 4.61. The molecule has 4 rings (SSSR count). The van der Waals surface area contributed by atoms with Crippen molar-refractivity contribution in [1.29, 1.82) is 0 Å². The van der Waals surface area contributed by atoms with Gasteiger partial charge in [-0.15, -0.1) is 11.3 Å². The van der Waals surface area contributed by atoms with Gasteiger partial charge in [-0.25, -0.2) is 0 Å². The third-order valence-electron chi connectivity index (χ3n) is 4.62. The van der Waals surface area contributed by atoms with E-state index in [2.05, 4.69) is 11.1 Å². The van der Waals surface area contributed by atoms with Gasteiger partial charge in [-0.2, -0.15) is 0 Å². The molecular formula is C18H18N2OS2. The van der Waals surface area contributed by atoms with Crippen molar-refractivity contribution in [2.24, 2.45) is 0 Å². The highest BCUT2D eigenvalue weighted by atomic mass is 32.1. The van der Waals surface area contributed by atoms with E-state index in [1.807, 2.05) is 26.0 Å². The molecule has 118 valence electrons. The molecule has 0 fully saturated rings. The second-order valence-electron chi connectivity index (χ2n) is 6.28. The molecule has 5 heteroatoms. The van der Waals surface area contributed by atoms with E-state index in [1.165, 1.54) is 16.9 Å². The Kier molecular flexibility index (Phi) is 3.50. The number of H-pyrrole nitrogens is 1. The van der Waals surface area contributed by atoms with Gasteiger partial charge >= 0.3 is 0 Å². The summed E-state index contributed by atoms with van der Waals surface area (Å²) in [5.74, 6) is 0. The van der Waals surface area contributed by atoms with Crippen LogP contribution in [0.25, 0.3) is 15.9 Å². The first-order valence-corrected chi connectivity index (χ1v) is 9.16. The van der Waals surface area contributed by atoms with Crippen LogP contribution in [0.4, 0.5) is 0 Å². The number of nitrogens with zero attached hydrogens (tertiary/aromatic N) is 1. The van der Waals surface area contributed by atoms with Gasteiger partial charge in [0.25, 0.3) is 5.56 Å². The summed E-state index contributed by atoms with van der Waals surface area (Å²) in [4.78, 5) is 18.8. The van der Waals surface area contributed by atoms with E-state index in [0.717, 1.165) is 46.3 Å². The van der Waals surface area contributed by atoms with Crippen molar-refractivity contribution in [2.45, 2.75) is 39.5 Å². The van der Waals surface area contributed by atoms with Crippen LogP contribution in [0.2, 0.25) is 0 Å². The normalized spacial score (nSPS) is 14.2. The SMILES string of the molecule is Cc1ccc(C)c(-n2c(=S)[nH]c3sc4c(c3c2=O)CCCC4)c1. The maximum Gasteiger partial charge on any atom is 0.267 e. The summed E-state index contributed by atoms with van der Waals surface area (Å²) in [5.41, 5.74) is 4.33. The monoisotopic (exact) mass is 342 g/mol. The largest absolute Gasteiger partial charge is 0.323 e. The van der Waals surface area contributed by atoms with Crippen LogP contribution >= 0.6 is 23.6 Å². The van der Waals surface area contributed by atoms with E-state index in [1.54, 1.807) is 15.9 Å². The topological polar surface area (TPSA) is 37.8 Å². The maximum absolute atomic E-state index is 13.2. The van der Waals surface area contributed by atoms with Crippen molar-refractivity contribution >= 4 is 33.8 Å². The van der Waals surface area contributed by atoms with E-state index in [9.17, 15) is 4.79 Å². The van der Waals surface area contributed by atoms with Crippen LogP contribution in [0.15, 0.2) is 23.0 Å². The summed E-state index contributed by atoms with van der Waals surface area (Å²) >= 11 is 7.21. The van der Waals surface area contributed by atoms with Gasteiger partial charge in [-0.3, -0.25) is 9.36 Å². The molecular weight excluding hydrogens is 324 g/mol. The van der Waals surface area contributed by atoms with Crippen LogP contribution in [0.3, 0.4) is 0 Å². The van der Waals surface area contributed by atoms with Crippen molar-refractivity contribution in [3.8, 4) is 5.69 Å². The second kappa shape index (κ2) is 5.42. The van der Waals surface area contributed by atoms with Gasteiger partial charge in [0.1, 0.15) is 4.83 Å². The molecule has 0 bridgehead atoms. The zero-order chi connectivity index (χ0) is 16.1. The lowest BCUT2D eigenvalue weighted by Crippen LogP contribution is -2.22. The highest BCUT2D eigenvalue weighted by Crippen LogP contribution is 2.33. The predicted molar refractivity (Wildman–Crippen MR) is 98.7 cm³/mol. The minimum Gasteiger partial charge on any atom is -0.323 e. The smallest absolute Gasteiger partial charge is 0.267 e. The first-order chi connectivity index (χ1) is 11.1. The van der Waals surface area contributed by atoms with Gasteiger partial charge in [0.05, 0.1) is 11.1 Å². The Morgan fingerprint density at radius 3 is 2.83 bits per heavy atom. The maximum atomic E-state index is 13.2. The van der Waals surface area contributed by atoms with Crippen LogP contribution in [0, 0.1) is 18.6 Å². The van der Waals surface area contributed by atoms with Crippen LogP contribution < -0.4 is 5.56 Å². The summed E-state index contributed by atoms with van der Waals surface area (Å²) < 4.78 is 2.15. The molecule has 0 saturated heterocycles. The molecule has 0 spiro atoms. The third kappa shape index (κ3) is 2.30. The first kappa shape index (κ1) is 14.8. The fraction of sp³-hybridized carbons (Fsp3) is 0.333. The Bertz CT molecular complexity index is 1040. The number of nitrogens with one attached hydrogen (secondary N) is 1. The molecule has 0 amide bonds. The molecule has 0 radical (unpaired) electrons. The fourth-order valence-electron chi connectivity index (χ4n) is 3.42. The molecule has 1 aromatic carbocycles. The average molecular weight is 342 g/mol. The van der Waals surface area contributed by atoms with E-state index < -0.39 is 0 Å². The summed E-state index contributed by atoms with van der Waals surface area (Å²) in [6.45, 7) is 4.05. The standard InChI is InChI=1S/C18H18N2OS2/c1-10-7-8-11(2)13(9-10)20-17(21)15-12-5-3-4-6-14(12)23-16(15)19-18(20)22/h7-9H,3-6H2,1-2H3,(H,19,22). The van der Waals surface area contributed by atoms with E-state index in [4.69, 9.17) is 12.2 Å². The highest BCUT2D eigenvalue weighted by molar-refractivity contribution is 7.71. The van der Waals surface area contributed by atoms with Gasteiger partial charge < -0.3 is 4.98 Å². The first-order valence-electron chi connectivity index (χ1n) is 7.93. The minimum atomic E-state index is 0.0249. The van der Waals surface area contributed by atoms with Crippen molar-refractivity contribution < 1.29 is 0 Å². The molecule has 3 aromatic rings. The van der Waals surface area contributed by atoms with Gasteiger partial charge in [0, 0.05) is 4.88 Å². The molecule has 0 atom stereocenters. The molecule has 3 nitrogen and oxygen atoms in total. The summed E-state index contributed by atoms with van der Waals surface area (Å²) in [5, 5.41) is 0.846. The van der Waals surface area contributed by atoms with Crippen LogP contribution in [-0.4, -0.2) is 9.55 Å². The van der Waals surface area contributed by atoms with Crippen LogP contribution in [0.1, 0.15) is 34.4 Å². The summed E-state index contributed by atoms with van der Waals surface area (Å²) in [6.07, 6.45) is 4.46. The Morgan fingerprint density at radius 2 is 2.00 bits per heavy atom. The third-order valence-corrected chi connectivity index (χ3v) is 6.11. The number of hydrogen-bond acceptors (Lipinski definition) is 3. The molecule has 2 aromatic heterocycles. The molecule has 0 aliphatic heterocycles. The highest BCUT2D eigenvalue weighted by Gasteiger charge is 2.20. The van der Waals surface area contributed by atoms with E-state index in [-0.39, 0.29) is 5.56 Å². The second-order valence-corrected chi connectivity index (χ2v) is 7.77. The minimum absolute atomic E-state index is 0.0249. The van der Waals surface area contributed by atoms with Gasteiger partial charge in [0.15, 0.2) is 4.77 Å². The number of hydrogen-bond donors (Lipinski definition) is 1. The fourth-order valence-corrected chi connectivity index (χ4v) is 5.04. The average Bonchev–Trinajstić information content (AvgIpc) is 2.88. The molecule has 1 N–H and O–H groups in total. The van der Waals surface area contributed by atoms with Gasteiger partial charge in [-0.05, 0) is 74.5 Å². The Balaban J connectivity index is 2.10. The summed E-state index contributed by atoms with van der Waals surface area (Å²) in [6, 6.07) is 6.13. The van der Waals surface area contributed by atoms with Crippen LogP contribution in [-0.2, 0) is 12.8 Å². The number of thiophene rings is 1. The quantitative estimate of drug-likeness (QED) is 0.656. The number of aryl methyl sites for hydroxylation is 4. The van der Waals surface area contributed by atoms with Crippen molar-refractivity contribution in [3.63, 3.8) is 0 Å². The van der Waals surface area contributed by atoms with Crippen molar-refractivity contribution in [1.82, 2.24) is 9.55 Å². The zero-order valence-corrected chi connectivity index (χ0v) is 14.9.